The summed E-state index contributed by atoms with van der Waals surface area (Å²) in [6, 6.07) is 10.6. The minimum atomic E-state index is 0.257. The van der Waals surface area contributed by atoms with E-state index in [1.165, 1.54) is 18.7 Å². The molecule has 1 saturated carbocycles. The Hall–Kier alpha value is -0.900. The molecule has 3 heteroatoms. The van der Waals surface area contributed by atoms with Gasteiger partial charge in [0, 0.05) is 19.6 Å². The molecule has 2 aliphatic rings. The molecule has 0 spiro atoms. The molecule has 3 atom stereocenters. The average molecular weight is 246 g/mol. The lowest BCUT2D eigenvalue weighted by Gasteiger charge is -2.22. The number of piperidine rings is 1. The maximum atomic E-state index is 9.20. The highest BCUT2D eigenvalue weighted by Gasteiger charge is 2.52. The molecule has 0 radical (unpaired) electrons. The first-order chi connectivity index (χ1) is 8.88. The van der Waals surface area contributed by atoms with Gasteiger partial charge in [0.25, 0.3) is 0 Å². The van der Waals surface area contributed by atoms with Crippen molar-refractivity contribution in [2.75, 3.05) is 32.8 Å². The fourth-order valence-corrected chi connectivity index (χ4v) is 3.33. The van der Waals surface area contributed by atoms with Crippen molar-refractivity contribution in [3.8, 4) is 0 Å². The Labute approximate surface area is 109 Å². The van der Waals surface area contributed by atoms with Crippen molar-refractivity contribution in [2.24, 2.45) is 17.8 Å². The summed E-state index contributed by atoms with van der Waals surface area (Å²) in [5.41, 5.74) is 1.34. The second-order valence-electron chi connectivity index (χ2n) is 5.59. The van der Waals surface area contributed by atoms with E-state index in [9.17, 15) is 5.11 Å². The van der Waals surface area contributed by atoms with Gasteiger partial charge in [-0.05, 0) is 36.4 Å². The molecule has 1 unspecified atom stereocenters. The molecule has 1 aliphatic heterocycles. The summed E-state index contributed by atoms with van der Waals surface area (Å²) in [7, 11) is 0. The molecule has 0 bridgehead atoms. The average Bonchev–Trinajstić information content (AvgIpc) is 2.84. The van der Waals surface area contributed by atoms with Crippen LogP contribution in [0.5, 0.6) is 0 Å². The lowest BCUT2D eigenvalue weighted by atomic mass is 10.2. The van der Waals surface area contributed by atoms with Crippen molar-refractivity contribution in [3.63, 3.8) is 0 Å². The molecule has 3 rings (SSSR count). The number of rotatable bonds is 6. The molecule has 0 aromatic heterocycles. The van der Waals surface area contributed by atoms with Gasteiger partial charge >= 0.3 is 0 Å². The Balaban J connectivity index is 1.55. The number of nitrogens with one attached hydrogen (secondary N) is 1. The van der Waals surface area contributed by atoms with E-state index in [4.69, 9.17) is 0 Å². The largest absolute Gasteiger partial charge is 0.395 e. The van der Waals surface area contributed by atoms with E-state index >= 15 is 0 Å². The molecular formula is C15H22N2O. The lowest BCUT2D eigenvalue weighted by molar-refractivity contribution is 0.179. The second-order valence-corrected chi connectivity index (χ2v) is 5.59. The van der Waals surface area contributed by atoms with E-state index < -0.39 is 0 Å². The third-order valence-corrected chi connectivity index (χ3v) is 4.40. The summed E-state index contributed by atoms with van der Waals surface area (Å²) < 4.78 is 0. The maximum absolute atomic E-state index is 9.20. The molecule has 1 saturated heterocycles. The number of aliphatic hydroxyl groups is 1. The Morgan fingerprint density at radius 3 is 2.56 bits per heavy atom. The molecule has 1 aromatic carbocycles. The normalized spacial score (nSPS) is 29.6. The van der Waals surface area contributed by atoms with Gasteiger partial charge in [-0.2, -0.15) is 0 Å². The van der Waals surface area contributed by atoms with Gasteiger partial charge in [0.1, 0.15) is 0 Å². The molecule has 3 nitrogen and oxygen atoms in total. The fourth-order valence-electron chi connectivity index (χ4n) is 3.33. The molecule has 18 heavy (non-hydrogen) atoms. The van der Waals surface area contributed by atoms with Crippen molar-refractivity contribution in [2.45, 2.75) is 6.54 Å². The third kappa shape index (κ3) is 2.58. The molecule has 1 aromatic rings. The highest BCUT2D eigenvalue weighted by atomic mass is 16.3. The summed E-state index contributed by atoms with van der Waals surface area (Å²) >= 11 is 0. The van der Waals surface area contributed by atoms with Crippen LogP contribution in [0.4, 0.5) is 0 Å². The van der Waals surface area contributed by atoms with Gasteiger partial charge in [0.05, 0.1) is 6.61 Å². The molecule has 2 N–H and O–H groups in total. The number of benzene rings is 1. The van der Waals surface area contributed by atoms with Gasteiger partial charge in [0.15, 0.2) is 0 Å². The van der Waals surface area contributed by atoms with E-state index in [2.05, 4.69) is 40.5 Å². The zero-order valence-electron chi connectivity index (χ0n) is 10.8. The second kappa shape index (κ2) is 5.39. The van der Waals surface area contributed by atoms with Crippen LogP contribution in [0, 0.1) is 17.8 Å². The SMILES string of the molecule is OCCN(Cc1ccccc1)CC1[C@H]2CNC[C@@H]12. The van der Waals surface area contributed by atoms with Crippen molar-refractivity contribution >= 4 is 0 Å². The van der Waals surface area contributed by atoms with Crippen LogP contribution in [0.3, 0.4) is 0 Å². The first kappa shape index (κ1) is 12.2. The molecule has 2 fully saturated rings. The van der Waals surface area contributed by atoms with Crippen molar-refractivity contribution in [1.29, 1.82) is 0 Å². The van der Waals surface area contributed by atoms with Crippen molar-refractivity contribution in [3.05, 3.63) is 35.9 Å². The molecule has 98 valence electrons. The molecule has 1 aliphatic carbocycles. The minimum Gasteiger partial charge on any atom is -0.395 e. The van der Waals surface area contributed by atoms with Crippen molar-refractivity contribution in [1.82, 2.24) is 10.2 Å². The van der Waals surface area contributed by atoms with Crippen molar-refractivity contribution < 1.29 is 5.11 Å². The van der Waals surface area contributed by atoms with E-state index in [1.54, 1.807) is 0 Å². The van der Waals surface area contributed by atoms with Crippen LogP contribution in [0.1, 0.15) is 5.56 Å². The van der Waals surface area contributed by atoms with Gasteiger partial charge in [-0.25, -0.2) is 0 Å². The van der Waals surface area contributed by atoms with Gasteiger partial charge in [-0.1, -0.05) is 30.3 Å². The predicted molar refractivity (Wildman–Crippen MR) is 72.1 cm³/mol. The van der Waals surface area contributed by atoms with Crippen LogP contribution < -0.4 is 5.32 Å². The zero-order chi connectivity index (χ0) is 12.4. The first-order valence-electron chi connectivity index (χ1n) is 6.96. The van der Waals surface area contributed by atoms with Gasteiger partial charge in [-0.15, -0.1) is 0 Å². The summed E-state index contributed by atoms with van der Waals surface area (Å²) in [5, 5.41) is 12.6. The Kier molecular flexibility index (Phi) is 3.64. The fraction of sp³-hybridized carbons (Fsp3) is 0.600. The summed E-state index contributed by atoms with van der Waals surface area (Å²) in [5.74, 6) is 2.67. The Morgan fingerprint density at radius 2 is 1.89 bits per heavy atom. The third-order valence-electron chi connectivity index (χ3n) is 4.40. The zero-order valence-corrected chi connectivity index (χ0v) is 10.8. The number of hydrogen-bond acceptors (Lipinski definition) is 3. The van der Waals surface area contributed by atoms with Crippen LogP contribution in [0.25, 0.3) is 0 Å². The summed E-state index contributed by atoms with van der Waals surface area (Å²) in [4.78, 5) is 2.40. The predicted octanol–water partition coefficient (Wildman–Crippen LogP) is 0.946. The van der Waals surface area contributed by atoms with Crippen LogP contribution in [-0.2, 0) is 6.54 Å². The van der Waals surface area contributed by atoms with Gasteiger partial charge in [-0.3, -0.25) is 4.90 Å². The summed E-state index contributed by atoms with van der Waals surface area (Å²) in [6.45, 7) is 5.56. The van der Waals surface area contributed by atoms with Gasteiger partial charge in [0.2, 0.25) is 0 Å². The first-order valence-corrected chi connectivity index (χ1v) is 6.96. The van der Waals surface area contributed by atoms with E-state index in [-0.39, 0.29) is 6.61 Å². The maximum Gasteiger partial charge on any atom is 0.0558 e. The lowest BCUT2D eigenvalue weighted by Crippen LogP contribution is -2.31. The highest BCUT2D eigenvalue weighted by Crippen LogP contribution is 2.48. The minimum absolute atomic E-state index is 0.257. The number of hydrogen-bond donors (Lipinski definition) is 2. The number of nitrogens with zero attached hydrogens (tertiary/aromatic N) is 1. The van der Waals surface area contributed by atoms with E-state index in [1.807, 2.05) is 0 Å². The topological polar surface area (TPSA) is 35.5 Å². The van der Waals surface area contributed by atoms with Crippen LogP contribution in [-0.4, -0.2) is 42.8 Å². The highest BCUT2D eigenvalue weighted by molar-refractivity contribution is 5.14. The van der Waals surface area contributed by atoms with Crippen LogP contribution >= 0.6 is 0 Å². The summed E-state index contributed by atoms with van der Waals surface area (Å²) in [6.07, 6.45) is 0. The Morgan fingerprint density at radius 1 is 1.17 bits per heavy atom. The Bertz CT molecular complexity index is 371. The van der Waals surface area contributed by atoms with Crippen LogP contribution in [0.2, 0.25) is 0 Å². The van der Waals surface area contributed by atoms with Gasteiger partial charge < -0.3 is 10.4 Å². The molecule has 1 heterocycles. The quantitative estimate of drug-likeness (QED) is 0.784. The molecule has 0 amide bonds. The van der Waals surface area contributed by atoms with E-state index in [0.29, 0.717) is 0 Å². The number of aliphatic hydroxyl groups excluding tert-OH is 1. The standard InChI is InChI=1S/C15H22N2O/c18-7-6-17(10-12-4-2-1-3-5-12)11-15-13-8-16-9-14(13)15/h1-5,13-16,18H,6-11H2/t13-,14+,15?. The monoisotopic (exact) mass is 246 g/mol. The van der Waals surface area contributed by atoms with Crippen LogP contribution in [0.15, 0.2) is 30.3 Å². The van der Waals surface area contributed by atoms with E-state index in [0.717, 1.165) is 37.4 Å². The molecular weight excluding hydrogens is 224 g/mol. The number of fused-ring (bicyclic) bond motifs is 1. The smallest absolute Gasteiger partial charge is 0.0558 e.